The van der Waals surface area contributed by atoms with Gasteiger partial charge < -0.3 is 14.7 Å². The highest BCUT2D eigenvalue weighted by molar-refractivity contribution is 5.88. The third-order valence-electron chi connectivity index (χ3n) is 3.03. The van der Waals surface area contributed by atoms with Crippen LogP contribution in [0.25, 0.3) is 0 Å². The van der Waals surface area contributed by atoms with Crippen LogP contribution in [0.4, 0.5) is 10.6 Å². The Morgan fingerprint density at radius 3 is 2.89 bits per heavy atom. The van der Waals surface area contributed by atoms with Crippen LogP contribution in [0.2, 0.25) is 0 Å². The second kappa shape index (κ2) is 6.39. The summed E-state index contributed by atoms with van der Waals surface area (Å²) in [5.74, 6) is 1.13. The number of rotatable bonds is 4. The number of hydrogen-bond acceptors (Lipinski definition) is 4. The van der Waals surface area contributed by atoms with Crippen molar-refractivity contribution >= 4 is 11.8 Å². The van der Waals surface area contributed by atoms with Gasteiger partial charge in [-0.05, 0) is 32.9 Å². The monoisotopic (exact) mass is 252 g/mol. The van der Waals surface area contributed by atoms with Crippen LogP contribution >= 0.6 is 0 Å². The van der Waals surface area contributed by atoms with Gasteiger partial charge >= 0.3 is 6.03 Å². The average Bonchev–Trinajstić information content (AvgIpc) is 2.76. The van der Waals surface area contributed by atoms with Crippen molar-refractivity contribution < 1.29 is 9.32 Å². The smallest absolute Gasteiger partial charge is 0.320 e. The molecule has 1 aromatic heterocycles. The summed E-state index contributed by atoms with van der Waals surface area (Å²) < 4.78 is 4.86. The summed E-state index contributed by atoms with van der Waals surface area (Å²) in [4.78, 5) is 13.9. The second-order valence-electron chi connectivity index (χ2n) is 4.61. The lowest BCUT2D eigenvalue weighted by molar-refractivity contribution is 0.224. The van der Waals surface area contributed by atoms with Crippen LogP contribution in [0, 0.1) is 6.92 Å². The zero-order valence-corrected chi connectivity index (χ0v) is 10.7. The van der Waals surface area contributed by atoms with E-state index in [1.165, 1.54) is 19.3 Å². The Morgan fingerprint density at radius 2 is 2.22 bits per heavy atom. The molecule has 0 atom stereocenters. The average molecular weight is 252 g/mol. The lowest BCUT2D eigenvalue weighted by Gasteiger charge is -2.26. The molecule has 0 saturated carbocycles. The number of anilines is 1. The van der Waals surface area contributed by atoms with Gasteiger partial charge in [-0.15, -0.1) is 0 Å². The lowest BCUT2D eigenvalue weighted by atomic mass is 10.1. The van der Waals surface area contributed by atoms with Crippen molar-refractivity contribution in [2.45, 2.75) is 26.2 Å². The summed E-state index contributed by atoms with van der Waals surface area (Å²) in [6.07, 6.45) is 3.87. The number of likely N-dealkylation sites (tertiary alicyclic amines) is 1. The molecule has 18 heavy (non-hydrogen) atoms. The van der Waals surface area contributed by atoms with E-state index in [0.29, 0.717) is 18.1 Å². The summed E-state index contributed by atoms with van der Waals surface area (Å²) in [6.45, 7) is 5.64. The van der Waals surface area contributed by atoms with E-state index >= 15 is 0 Å². The lowest BCUT2D eigenvalue weighted by Crippen LogP contribution is -2.39. The van der Waals surface area contributed by atoms with Crippen LogP contribution in [0.5, 0.6) is 0 Å². The van der Waals surface area contributed by atoms with E-state index in [-0.39, 0.29) is 6.03 Å². The maximum absolute atomic E-state index is 11.5. The molecule has 6 nitrogen and oxygen atoms in total. The van der Waals surface area contributed by atoms with Gasteiger partial charge in [-0.25, -0.2) is 4.79 Å². The van der Waals surface area contributed by atoms with Crippen LogP contribution in [-0.4, -0.2) is 42.3 Å². The standard InChI is InChI=1S/C12H20N4O2/c1-10-9-11(15-18-10)14-12(17)13-5-8-16-6-3-2-4-7-16/h9H,2-8H2,1H3,(H2,13,14,15,17). The minimum absolute atomic E-state index is 0.236. The number of hydrogen-bond donors (Lipinski definition) is 2. The van der Waals surface area contributed by atoms with E-state index in [1.54, 1.807) is 13.0 Å². The molecule has 0 aromatic carbocycles. The molecular weight excluding hydrogens is 232 g/mol. The normalized spacial score (nSPS) is 16.5. The summed E-state index contributed by atoms with van der Waals surface area (Å²) in [5.41, 5.74) is 0. The zero-order valence-electron chi connectivity index (χ0n) is 10.7. The molecule has 0 aliphatic carbocycles. The van der Waals surface area contributed by atoms with E-state index in [0.717, 1.165) is 19.6 Å². The fourth-order valence-corrected chi connectivity index (χ4v) is 2.10. The molecule has 1 fully saturated rings. The van der Waals surface area contributed by atoms with Gasteiger partial charge in [0.15, 0.2) is 5.82 Å². The van der Waals surface area contributed by atoms with Crippen molar-refractivity contribution in [3.05, 3.63) is 11.8 Å². The highest BCUT2D eigenvalue weighted by Crippen LogP contribution is 2.08. The predicted octanol–water partition coefficient (Wildman–Crippen LogP) is 1.59. The maximum Gasteiger partial charge on any atom is 0.320 e. The third-order valence-corrected chi connectivity index (χ3v) is 3.03. The first-order valence-electron chi connectivity index (χ1n) is 6.44. The summed E-state index contributed by atoms with van der Waals surface area (Å²) in [7, 11) is 0. The summed E-state index contributed by atoms with van der Waals surface area (Å²) in [5, 5.41) is 9.14. The van der Waals surface area contributed by atoms with Gasteiger partial charge in [0.25, 0.3) is 0 Å². The minimum atomic E-state index is -0.236. The largest absolute Gasteiger partial charge is 0.360 e. The molecule has 2 rings (SSSR count). The first-order valence-corrected chi connectivity index (χ1v) is 6.44. The Bertz CT molecular complexity index is 385. The highest BCUT2D eigenvalue weighted by atomic mass is 16.5. The van der Waals surface area contributed by atoms with Crippen LogP contribution < -0.4 is 10.6 Å². The molecule has 0 radical (unpaired) electrons. The van der Waals surface area contributed by atoms with Crippen molar-refractivity contribution in [2.24, 2.45) is 0 Å². The van der Waals surface area contributed by atoms with Crippen molar-refractivity contribution in [1.29, 1.82) is 0 Å². The fraction of sp³-hybridized carbons (Fsp3) is 0.667. The molecule has 0 spiro atoms. The van der Waals surface area contributed by atoms with Crippen molar-refractivity contribution in [1.82, 2.24) is 15.4 Å². The number of piperidine rings is 1. The van der Waals surface area contributed by atoms with Gasteiger partial charge in [0.1, 0.15) is 5.76 Å². The Kier molecular flexibility index (Phi) is 4.58. The number of carbonyl (C=O) groups excluding carboxylic acids is 1. The number of nitrogens with zero attached hydrogens (tertiary/aromatic N) is 2. The Hall–Kier alpha value is -1.56. The second-order valence-corrected chi connectivity index (χ2v) is 4.61. The molecule has 100 valence electrons. The molecule has 0 unspecified atom stereocenters. The van der Waals surface area contributed by atoms with Crippen molar-refractivity contribution in [3.63, 3.8) is 0 Å². The maximum atomic E-state index is 11.5. The van der Waals surface area contributed by atoms with Gasteiger partial charge in [0, 0.05) is 19.2 Å². The quantitative estimate of drug-likeness (QED) is 0.853. The molecule has 1 aromatic rings. The Balaban J connectivity index is 1.62. The van der Waals surface area contributed by atoms with Gasteiger partial charge in [0.05, 0.1) is 0 Å². The molecule has 2 heterocycles. The molecule has 1 aliphatic heterocycles. The molecule has 2 N–H and O–H groups in total. The summed E-state index contributed by atoms with van der Waals surface area (Å²) in [6, 6.07) is 1.45. The fourth-order valence-electron chi connectivity index (χ4n) is 2.10. The number of carbonyl (C=O) groups is 1. The van der Waals surface area contributed by atoms with Crippen LogP contribution in [-0.2, 0) is 0 Å². The van der Waals surface area contributed by atoms with Gasteiger partial charge in [0.2, 0.25) is 0 Å². The molecule has 6 heteroatoms. The molecule has 1 aliphatic rings. The number of amides is 2. The number of urea groups is 1. The van der Waals surface area contributed by atoms with E-state index in [2.05, 4.69) is 20.7 Å². The molecule has 0 bridgehead atoms. The first-order chi connectivity index (χ1) is 8.74. The van der Waals surface area contributed by atoms with Crippen LogP contribution in [0.3, 0.4) is 0 Å². The number of aromatic nitrogens is 1. The Labute approximate surface area is 107 Å². The van der Waals surface area contributed by atoms with Crippen molar-refractivity contribution in [3.8, 4) is 0 Å². The number of nitrogens with one attached hydrogen (secondary N) is 2. The topological polar surface area (TPSA) is 70.4 Å². The third kappa shape index (κ3) is 4.03. The van der Waals surface area contributed by atoms with E-state index in [1.807, 2.05) is 0 Å². The number of aryl methyl sites for hydroxylation is 1. The molecular formula is C12H20N4O2. The zero-order chi connectivity index (χ0) is 12.8. The van der Waals surface area contributed by atoms with E-state index in [9.17, 15) is 4.79 Å². The van der Waals surface area contributed by atoms with Gasteiger partial charge in [-0.2, -0.15) is 0 Å². The van der Waals surface area contributed by atoms with E-state index in [4.69, 9.17) is 4.52 Å². The van der Waals surface area contributed by atoms with Crippen molar-refractivity contribution in [2.75, 3.05) is 31.5 Å². The molecule has 2 amide bonds. The SMILES string of the molecule is Cc1cc(NC(=O)NCCN2CCCCC2)no1. The molecule has 1 saturated heterocycles. The first kappa shape index (κ1) is 12.9. The van der Waals surface area contributed by atoms with Gasteiger partial charge in [-0.1, -0.05) is 11.6 Å². The van der Waals surface area contributed by atoms with Gasteiger partial charge in [-0.3, -0.25) is 5.32 Å². The van der Waals surface area contributed by atoms with Crippen LogP contribution in [0.15, 0.2) is 10.6 Å². The Morgan fingerprint density at radius 1 is 1.44 bits per heavy atom. The predicted molar refractivity (Wildman–Crippen MR) is 68.6 cm³/mol. The van der Waals surface area contributed by atoms with Crippen LogP contribution in [0.1, 0.15) is 25.0 Å². The minimum Gasteiger partial charge on any atom is -0.360 e. The summed E-state index contributed by atoms with van der Waals surface area (Å²) >= 11 is 0. The van der Waals surface area contributed by atoms with E-state index < -0.39 is 0 Å². The highest BCUT2D eigenvalue weighted by Gasteiger charge is 2.10.